The summed E-state index contributed by atoms with van der Waals surface area (Å²) in [5.74, 6) is 0. The van der Waals surface area contributed by atoms with Crippen LogP contribution in [0, 0.1) is 0 Å². The lowest BCUT2D eigenvalue weighted by molar-refractivity contribution is -0.697. The maximum absolute atomic E-state index is 2.35. The van der Waals surface area contributed by atoms with Crippen molar-refractivity contribution in [1.82, 2.24) is 0 Å². The minimum absolute atomic E-state index is 1.18. The van der Waals surface area contributed by atoms with E-state index < -0.39 is 0 Å². The molecule has 0 saturated carbocycles. The molecule has 0 aliphatic carbocycles. The largest absolute Gasteiger partial charge is 0.205 e. The van der Waals surface area contributed by atoms with E-state index in [0.29, 0.717) is 0 Å². The number of hydrogen-bond donors (Lipinski definition) is 0. The second kappa shape index (κ2) is 20.4. The summed E-state index contributed by atoms with van der Waals surface area (Å²) in [4.78, 5) is 0. The predicted molar refractivity (Wildman–Crippen MR) is 129 cm³/mol. The van der Waals surface area contributed by atoms with Crippen LogP contribution < -0.4 is 4.57 Å². The standard InChI is InChI=1S/C28H52N/c1-3-5-7-9-10-11-12-13-14-15-16-17-18-19-20-22-28-23-26-29(27-24-28)25-21-8-6-4-2/h23-24,26-27H,3-22,25H2,1-2H3/q+1. The van der Waals surface area contributed by atoms with Gasteiger partial charge in [0, 0.05) is 18.6 Å². The van der Waals surface area contributed by atoms with E-state index in [9.17, 15) is 0 Å². The Morgan fingerprint density at radius 1 is 0.483 bits per heavy atom. The van der Waals surface area contributed by atoms with Crippen molar-refractivity contribution in [2.24, 2.45) is 0 Å². The molecule has 0 spiro atoms. The van der Waals surface area contributed by atoms with E-state index in [2.05, 4.69) is 42.9 Å². The fraction of sp³-hybridized carbons (Fsp3) is 0.821. The van der Waals surface area contributed by atoms with Crippen molar-refractivity contribution in [3.8, 4) is 0 Å². The molecule has 0 radical (unpaired) electrons. The van der Waals surface area contributed by atoms with Crippen LogP contribution in [0.25, 0.3) is 0 Å². The molecule has 0 atom stereocenters. The van der Waals surface area contributed by atoms with E-state index in [-0.39, 0.29) is 0 Å². The van der Waals surface area contributed by atoms with Gasteiger partial charge in [0.2, 0.25) is 0 Å². The number of hydrogen-bond acceptors (Lipinski definition) is 0. The second-order valence-corrected chi connectivity index (χ2v) is 9.20. The summed E-state index contributed by atoms with van der Waals surface area (Å²) >= 11 is 0. The summed E-state index contributed by atoms with van der Waals surface area (Å²) in [6.45, 7) is 5.76. The number of pyridine rings is 1. The highest BCUT2D eigenvalue weighted by Gasteiger charge is 2.01. The summed E-state index contributed by atoms with van der Waals surface area (Å²) in [5, 5.41) is 0. The zero-order chi connectivity index (χ0) is 20.8. The predicted octanol–water partition coefficient (Wildman–Crippen LogP) is 8.97. The van der Waals surface area contributed by atoms with Gasteiger partial charge in [-0.15, -0.1) is 0 Å². The summed E-state index contributed by atoms with van der Waals surface area (Å²) < 4.78 is 2.35. The lowest BCUT2D eigenvalue weighted by Crippen LogP contribution is -2.32. The van der Waals surface area contributed by atoms with Crippen LogP contribution in [0.1, 0.15) is 141 Å². The minimum atomic E-state index is 1.18. The van der Waals surface area contributed by atoms with Crippen molar-refractivity contribution in [2.75, 3.05) is 0 Å². The Kier molecular flexibility index (Phi) is 18.4. The van der Waals surface area contributed by atoms with Crippen molar-refractivity contribution in [3.05, 3.63) is 30.1 Å². The Labute approximate surface area is 183 Å². The average Bonchev–Trinajstić information content (AvgIpc) is 2.75. The van der Waals surface area contributed by atoms with Gasteiger partial charge < -0.3 is 0 Å². The van der Waals surface area contributed by atoms with Crippen molar-refractivity contribution in [2.45, 2.75) is 149 Å². The van der Waals surface area contributed by atoms with Gasteiger partial charge in [0.15, 0.2) is 12.4 Å². The third-order valence-electron chi connectivity index (χ3n) is 6.30. The Morgan fingerprint density at radius 3 is 1.31 bits per heavy atom. The fourth-order valence-electron chi connectivity index (χ4n) is 4.23. The van der Waals surface area contributed by atoms with Crippen molar-refractivity contribution < 1.29 is 4.57 Å². The van der Waals surface area contributed by atoms with Gasteiger partial charge in [0.05, 0.1) is 0 Å². The molecular weight excluding hydrogens is 350 g/mol. The van der Waals surface area contributed by atoms with Gasteiger partial charge in [0.1, 0.15) is 6.54 Å². The van der Waals surface area contributed by atoms with Crippen LogP contribution in [0.3, 0.4) is 0 Å². The van der Waals surface area contributed by atoms with Gasteiger partial charge in [0.25, 0.3) is 0 Å². The molecule has 29 heavy (non-hydrogen) atoms. The number of aromatic nitrogens is 1. The first-order valence-electron chi connectivity index (χ1n) is 13.3. The molecule has 0 aliphatic heterocycles. The molecule has 0 unspecified atom stereocenters. The van der Waals surface area contributed by atoms with E-state index in [1.54, 1.807) is 0 Å². The third-order valence-corrected chi connectivity index (χ3v) is 6.30. The third kappa shape index (κ3) is 16.6. The van der Waals surface area contributed by atoms with Gasteiger partial charge in [-0.25, -0.2) is 4.57 Å². The second-order valence-electron chi connectivity index (χ2n) is 9.20. The lowest BCUT2D eigenvalue weighted by atomic mass is 10.0. The first-order valence-corrected chi connectivity index (χ1v) is 13.3. The summed E-state index contributed by atoms with van der Waals surface area (Å²) in [6.07, 6.45) is 32.9. The molecule has 1 aromatic heterocycles. The quantitative estimate of drug-likeness (QED) is 0.143. The number of aryl methyl sites for hydroxylation is 2. The van der Waals surface area contributed by atoms with Crippen LogP contribution in [0.5, 0.6) is 0 Å². The Bertz CT molecular complexity index is 436. The smallest absolute Gasteiger partial charge is 0.169 e. The molecule has 0 fully saturated rings. The Hall–Kier alpha value is -0.850. The van der Waals surface area contributed by atoms with E-state index in [1.807, 2.05) is 0 Å². The first-order chi connectivity index (χ1) is 14.4. The first kappa shape index (κ1) is 26.2. The molecule has 0 saturated heterocycles. The summed E-state index contributed by atoms with van der Waals surface area (Å²) in [6, 6.07) is 4.67. The molecule has 168 valence electrons. The van der Waals surface area contributed by atoms with Crippen LogP contribution in [-0.4, -0.2) is 0 Å². The van der Waals surface area contributed by atoms with Crippen LogP contribution >= 0.6 is 0 Å². The van der Waals surface area contributed by atoms with E-state index in [0.717, 1.165) is 0 Å². The molecule has 0 amide bonds. The molecule has 1 rings (SSSR count). The molecule has 1 nitrogen and oxygen atoms in total. The van der Waals surface area contributed by atoms with Crippen LogP contribution in [0.2, 0.25) is 0 Å². The van der Waals surface area contributed by atoms with E-state index >= 15 is 0 Å². The van der Waals surface area contributed by atoms with E-state index in [1.165, 1.54) is 141 Å². The monoisotopic (exact) mass is 402 g/mol. The number of unbranched alkanes of at least 4 members (excludes halogenated alkanes) is 17. The summed E-state index contributed by atoms with van der Waals surface area (Å²) in [7, 11) is 0. The van der Waals surface area contributed by atoms with Crippen LogP contribution in [0.15, 0.2) is 24.5 Å². The lowest BCUT2D eigenvalue weighted by Gasteiger charge is -2.04. The highest BCUT2D eigenvalue weighted by atomic mass is 14.9. The van der Waals surface area contributed by atoms with E-state index in [4.69, 9.17) is 0 Å². The highest BCUT2D eigenvalue weighted by molar-refractivity contribution is 5.07. The number of nitrogens with zero attached hydrogens (tertiary/aromatic N) is 1. The van der Waals surface area contributed by atoms with Gasteiger partial charge in [-0.05, 0) is 24.8 Å². The SMILES string of the molecule is CCCCCCCCCCCCCCCCCc1cc[n+](CCCCCC)cc1. The molecule has 0 N–H and O–H groups in total. The molecule has 0 aliphatic rings. The minimum Gasteiger partial charge on any atom is -0.205 e. The van der Waals surface area contributed by atoms with Gasteiger partial charge in [-0.2, -0.15) is 0 Å². The molecular formula is C28H52N+. The molecule has 0 aromatic carbocycles. The van der Waals surface area contributed by atoms with Gasteiger partial charge >= 0.3 is 0 Å². The van der Waals surface area contributed by atoms with Crippen molar-refractivity contribution in [3.63, 3.8) is 0 Å². The van der Waals surface area contributed by atoms with Crippen molar-refractivity contribution in [1.29, 1.82) is 0 Å². The maximum atomic E-state index is 2.35. The van der Waals surface area contributed by atoms with Crippen molar-refractivity contribution >= 4 is 0 Å². The molecule has 1 heterocycles. The molecule has 1 aromatic rings. The summed E-state index contributed by atoms with van der Waals surface area (Å²) in [5.41, 5.74) is 1.52. The fourth-order valence-corrected chi connectivity index (χ4v) is 4.23. The Morgan fingerprint density at radius 2 is 0.862 bits per heavy atom. The normalized spacial score (nSPS) is 11.2. The topological polar surface area (TPSA) is 3.88 Å². The zero-order valence-corrected chi connectivity index (χ0v) is 20.1. The zero-order valence-electron chi connectivity index (χ0n) is 20.1. The molecule has 1 heteroatoms. The Balaban J connectivity index is 1.85. The molecule has 0 bridgehead atoms. The van der Waals surface area contributed by atoms with Gasteiger partial charge in [-0.3, -0.25) is 0 Å². The highest BCUT2D eigenvalue weighted by Crippen LogP contribution is 2.14. The number of rotatable bonds is 21. The van der Waals surface area contributed by atoms with Gasteiger partial charge in [-0.1, -0.05) is 117 Å². The van der Waals surface area contributed by atoms with Crippen LogP contribution in [-0.2, 0) is 13.0 Å². The van der Waals surface area contributed by atoms with Crippen LogP contribution in [0.4, 0.5) is 0 Å². The average molecular weight is 403 g/mol. The maximum Gasteiger partial charge on any atom is 0.169 e.